The van der Waals surface area contributed by atoms with E-state index in [1.807, 2.05) is 30.3 Å². The molecule has 0 aliphatic carbocycles. The first-order valence-electron chi connectivity index (χ1n) is 7.32. The molecule has 1 atom stereocenters. The van der Waals surface area contributed by atoms with E-state index in [1.54, 1.807) is 0 Å². The van der Waals surface area contributed by atoms with Crippen molar-refractivity contribution in [1.29, 1.82) is 0 Å². The fraction of sp³-hybridized carbons (Fsp3) is 0.333. The maximum absolute atomic E-state index is 5.67. The Kier molecular flexibility index (Phi) is 6.12. The van der Waals surface area contributed by atoms with Crippen LogP contribution in [0.2, 0.25) is 0 Å². The van der Waals surface area contributed by atoms with Gasteiger partial charge in [0.2, 0.25) is 0 Å². The molecule has 0 amide bonds. The van der Waals surface area contributed by atoms with Gasteiger partial charge < -0.3 is 10.1 Å². The van der Waals surface area contributed by atoms with Crippen LogP contribution in [-0.2, 0) is 0 Å². The Morgan fingerprint density at radius 1 is 0.900 bits per heavy atom. The molecule has 2 rings (SSSR count). The average Bonchev–Trinajstić information content (AvgIpc) is 2.52. The molecule has 0 heterocycles. The minimum Gasteiger partial charge on any atom is -0.494 e. The molecule has 2 aromatic carbocycles. The zero-order valence-electron chi connectivity index (χ0n) is 12.1. The monoisotopic (exact) mass is 269 g/mol. The lowest BCUT2D eigenvalue weighted by atomic mass is 10.1. The van der Waals surface area contributed by atoms with Crippen LogP contribution < -0.4 is 10.1 Å². The molecule has 2 nitrogen and oxygen atoms in total. The molecule has 106 valence electrons. The van der Waals surface area contributed by atoms with Gasteiger partial charge in [0, 0.05) is 6.04 Å². The second kappa shape index (κ2) is 8.39. The summed E-state index contributed by atoms with van der Waals surface area (Å²) in [5, 5.41) is 3.54. The first-order chi connectivity index (χ1) is 9.86. The summed E-state index contributed by atoms with van der Waals surface area (Å²) < 4.78 is 5.67. The second-order valence-corrected chi connectivity index (χ2v) is 4.96. The van der Waals surface area contributed by atoms with Crippen molar-refractivity contribution in [3.63, 3.8) is 0 Å². The van der Waals surface area contributed by atoms with Gasteiger partial charge in [-0.1, -0.05) is 48.5 Å². The van der Waals surface area contributed by atoms with Crippen LogP contribution in [0.15, 0.2) is 60.7 Å². The molecule has 2 heteroatoms. The van der Waals surface area contributed by atoms with Crippen molar-refractivity contribution in [2.24, 2.45) is 0 Å². The SMILES string of the molecule is CC(NCCCCOc1ccccc1)c1ccccc1. The van der Waals surface area contributed by atoms with E-state index in [0.29, 0.717) is 6.04 Å². The minimum absolute atomic E-state index is 0.409. The molecule has 1 unspecified atom stereocenters. The van der Waals surface area contributed by atoms with Gasteiger partial charge in [0.15, 0.2) is 0 Å². The summed E-state index contributed by atoms with van der Waals surface area (Å²) >= 11 is 0. The van der Waals surface area contributed by atoms with Crippen LogP contribution in [0.4, 0.5) is 0 Å². The second-order valence-electron chi connectivity index (χ2n) is 4.96. The molecule has 0 aromatic heterocycles. The van der Waals surface area contributed by atoms with Crippen molar-refractivity contribution in [2.45, 2.75) is 25.8 Å². The van der Waals surface area contributed by atoms with Crippen molar-refractivity contribution in [3.8, 4) is 5.75 Å². The number of unbranched alkanes of at least 4 members (excludes halogenated alkanes) is 1. The van der Waals surface area contributed by atoms with Gasteiger partial charge in [0.1, 0.15) is 5.75 Å². The normalized spacial score (nSPS) is 12.1. The fourth-order valence-corrected chi connectivity index (χ4v) is 2.11. The highest BCUT2D eigenvalue weighted by molar-refractivity contribution is 5.20. The van der Waals surface area contributed by atoms with Gasteiger partial charge in [-0.05, 0) is 44.0 Å². The van der Waals surface area contributed by atoms with E-state index in [4.69, 9.17) is 4.74 Å². The maximum Gasteiger partial charge on any atom is 0.119 e. The van der Waals surface area contributed by atoms with E-state index in [9.17, 15) is 0 Å². The van der Waals surface area contributed by atoms with Crippen LogP contribution in [0.25, 0.3) is 0 Å². The molecule has 0 spiro atoms. The van der Waals surface area contributed by atoms with Gasteiger partial charge in [-0.15, -0.1) is 0 Å². The van der Waals surface area contributed by atoms with Crippen molar-refractivity contribution in [2.75, 3.05) is 13.2 Å². The number of hydrogen-bond acceptors (Lipinski definition) is 2. The topological polar surface area (TPSA) is 21.3 Å². The predicted molar refractivity (Wildman–Crippen MR) is 84.0 cm³/mol. The van der Waals surface area contributed by atoms with E-state index in [0.717, 1.165) is 31.7 Å². The predicted octanol–water partition coefficient (Wildman–Crippen LogP) is 4.20. The standard InChI is InChI=1S/C18H23NO/c1-16(17-10-4-2-5-11-17)19-14-8-9-15-20-18-12-6-3-7-13-18/h2-7,10-13,16,19H,8-9,14-15H2,1H3. The third-order valence-electron chi connectivity index (χ3n) is 3.33. The highest BCUT2D eigenvalue weighted by atomic mass is 16.5. The molecule has 0 radical (unpaired) electrons. The summed E-state index contributed by atoms with van der Waals surface area (Å²) in [4.78, 5) is 0. The van der Waals surface area contributed by atoms with Crippen LogP contribution in [0, 0.1) is 0 Å². The van der Waals surface area contributed by atoms with Gasteiger partial charge in [0.25, 0.3) is 0 Å². The van der Waals surface area contributed by atoms with Crippen LogP contribution in [-0.4, -0.2) is 13.2 Å². The first-order valence-corrected chi connectivity index (χ1v) is 7.32. The highest BCUT2D eigenvalue weighted by Gasteiger charge is 2.02. The lowest BCUT2D eigenvalue weighted by Gasteiger charge is -2.14. The van der Waals surface area contributed by atoms with Crippen LogP contribution in [0.1, 0.15) is 31.4 Å². The largest absolute Gasteiger partial charge is 0.494 e. The Balaban J connectivity index is 1.56. The maximum atomic E-state index is 5.67. The zero-order chi connectivity index (χ0) is 14.0. The van der Waals surface area contributed by atoms with Gasteiger partial charge >= 0.3 is 0 Å². The van der Waals surface area contributed by atoms with Crippen molar-refractivity contribution in [1.82, 2.24) is 5.32 Å². The molecule has 20 heavy (non-hydrogen) atoms. The molecule has 0 bridgehead atoms. The fourth-order valence-electron chi connectivity index (χ4n) is 2.11. The smallest absolute Gasteiger partial charge is 0.119 e. The molecule has 0 aliphatic heterocycles. The quantitative estimate of drug-likeness (QED) is 0.725. The van der Waals surface area contributed by atoms with Gasteiger partial charge in [-0.3, -0.25) is 0 Å². The summed E-state index contributed by atoms with van der Waals surface area (Å²) in [5.41, 5.74) is 1.34. The Morgan fingerprint density at radius 2 is 1.55 bits per heavy atom. The van der Waals surface area contributed by atoms with Gasteiger partial charge in [0.05, 0.1) is 6.61 Å². The molecule has 1 N–H and O–H groups in total. The van der Waals surface area contributed by atoms with E-state index in [-0.39, 0.29) is 0 Å². The summed E-state index contributed by atoms with van der Waals surface area (Å²) in [5.74, 6) is 0.957. The summed E-state index contributed by atoms with van der Waals surface area (Å²) in [7, 11) is 0. The van der Waals surface area contributed by atoms with Crippen LogP contribution in [0.3, 0.4) is 0 Å². The van der Waals surface area contributed by atoms with Gasteiger partial charge in [-0.25, -0.2) is 0 Å². The number of nitrogens with one attached hydrogen (secondary N) is 1. The van der Waals surface area contributed by atoms with Crippen molar-refractivity contribution >= 4 is 0 Å². The Bertz CT molecular complexity index is 469. The number of benzene rings is 2. The molecule has 0 saturated carbocycles. The summed E-state index contributed by atoms with van der Waals surface area (Å²) in [6.45, 7) is 4.01. The van der Waals surface area contributed by atoms with Crippen molar-refractivity contribution < 1.29 is 4.74 Å². The first kappa shape index (κ1) is 14.6. The number of hydrogen-bond donors (Lipinski definition) is 1. The number of ether oxygens (including phenoxy) is 1. The Hall–Kier alpha value is -1.80. The molecule has 0 aliphatic rings. The number of para-hydroxylation sites is 1. The molecular formula is C18H23NO. The third kappa shape index (κ3) is 5.06. The lowest BCUT2D eigenvalue weighted by molar-refractivity contribution is 0.305. The Morgan fingerprint density at radius 3 is 2.25 bits per heavy atom. The molecular weight excluding hydrogens is 246 g/mol. The Labute approximate surface area is 121 Å². The van der Waals surface area contributed by atoms with Crippen molar-refractivity contribution in [3.05, 3.63) is 66.2 Å². The lowest BCUT2D eigenvalue weighted by Crippen LogP contribution is -2.20. The summed E-state index contributed by atoms with van der Waals surface area (Å²) in [6.07, 6.45) is 2.20. The molecule has 0 fully saturated rings. The average molecular weight is 269 g/mol. The van der Waals surface area contributed by atoms with Gasteiger partial charge in [-0.2, -0.15) is 0 Å². The van der Waals surface area contributed by atoms with E-state index >= 15 is 0 Å². The van der Waals surface area contributed by atoms with Crippen LogP contribution in [0.5, 0.6) is 5.75 Å². The van der Waals surface area contributed by atoms with E-state index < -0.39 is 0 Å². The third-order valence-corrected chi connectivity index (χ3v) is 3.33. The van der Waals surface area contributed by atoms with Crippen LogP contribution >= 0.6 is 0 Å². The van der Waals surface area contributed by atoms with E-state index in [1.165, 1.54) is 5.56 Å². The minimum atomic E-state index is 0.409. The highest BCUT2D eigenvalue weighted by Crippen LogP contribution is 2.11. The van der Waals surface area contributed by atoms with E-state index in [2.05, 4.69) is 42.6 Å². The summed E-state index contributed by atoms with van der Waals surface area (Å²) in [6, 6.07) is 20.9. The molecule has 2 aromatic rings. The number of rotatable bonds is 8. The zero-order valence-corrected chi connectivity index (χ0v) is 12.1. The molecule has 0 saturated heterocycles.